The zero-order valence-corrected chi connectivity index (χ0v) is 11.1. The second-order valence-electron chi connectivity index (χ2n) is 4.29. The first-order valence-corrected chi connectivity index (χ1v) is 5.86. The Hall–Kier alpha value is -1.97. The molecule has 0 aliphatic rings. The highest BCUT2D eigenvalue weighted by Crippen LogP contribution is 2.21. The van der Waals surface area contributed by atoms with E-state index in [2.05, 4.69) is 6.58 Å². The summed E-state index contributed by atoms with van der Waals surface area (Å²) in [7, 11) is 1.56. The predicted molar refractivity (Wildman–Crippen MR) is 73.8 cm³/mol. The van der Waals surface area contributed by atoms with E-state index in [1.165, 1.54) is 0 Å². The van der Waals surface area contributed by atoms with Gasteiger partial charge in [0.1, 0.15) is 5.75 Å². The predicted octanol–water partition coefficient (Wildman–Crippen LogP) is 2.31. The van der Waals surface area contributed by atoms with Crippen LogP contribution in [0.3, 0.4) is 0 Å². The van der Waals surface area contributed by atoms with Gasteiger partial charge in [-0.15, -0.1) is 6.58 Å². The van der Waals surface area contributed by atoms with Crippen LogP contribution in [-0.4, -0.2) is 30.5 Å². The number of methoxy groups -OCH3 is 1. The molecule has 0 aromatic heterocycles. The summed E-state index contributed by atoms with van der Waals surface area (Å²) in [5, 5.41) is 0. The van der Waals surface area contributed by atoms with Gasteiger partial charge in [-0.3, -0.25) is 4.79 Å². The van der Waals surface area contributed by atoms with Crippen molar-refractivity contribution in [2.75, 3.05) is 19.4 Å². The lowest BCUT2D eigenvalue weighted by Crippen LogP contribution is -2.37. The van der Waals surface area contributed by atoms with E-state index in [9.17, 15) is 4.79 Å². The average molecular weight is 248 g/mol. The molecule has 1 aromatic carbocycles. The average Bonchev–Trinajstić information content (AvgIpc) is 2.34. The van der Waals surface area contributed by atoms with E-state index in [0.717, 1.165) is 0 Å². The van der Waals surface area contributed by atoms with Crippen LogP contribution >= 0.6 is 0 Å². The summed E-state index contributed by atoms with van der Waals surface area (Å²) in [6, 6.07) is 5.17. The van der Waals surface area contributed by atoms with Gasteiger partial charge in [-0.25, -0.2) is 0 Å². The molecule has 0 radical (unpaired) electrons. The van der Waals surface area contributed by atoms with E-state index in [-0.39, 0.29) is 11.9 Å². The van der Waals surface area contributed by atoms with Crippen molar-refractivity contribution in [2.24, 2.45) is 0 Å². The quantitative estimate of drug-likeness (QED) is 0.642. The van der Waals surface area contributed by atoms with Crippen LogP contribution < -0.4 is 10.5 Å². The Morgan fingerprint density at radius 2 is 2.22 bits per heavy atom. The molecule has 1 aromatic rings. The van der Waals surface area contributed by atoms with Gasteiger partial charge in [0.2, 0.25) is 0 Å². The topological polar surface area (TPSA) is 55.6 Å². The van der Waals surface area contributed by atoms with E-state index >= 15 is 0 Å². The summed E-state index contributed by atoms with van der Waals surface area (Å²) >= 11 is 0. The molecule has 98 valence electrons. The minimum atomic E-state index is -0.0925. The molecular weight excluding hydrogens is 228 g/mol. The third kappa shape index (κ3) is 3.03. The summed E-state index contributed by atoms with van der Waals surface area (Å²) < 4.78 is 5.06. The molecule has 4 heteroatoms. The summed E-state index contributed by atoms with van der Waals surface area (Å²) in [6.07, 6.45) is 1.71. The van der Waals surface area contributed by atoms with Crippen LogP contribution in [0, 0.1) is 0 Å². The number of anilines is 1. The number of benzene rings is 1. The largest absolute Gasteiger partial charge is 0.497 e. The molecule has 0 aliphatic carbocycles. The van der Waals surface area contributed by atoms with Crippen molar-refractivity contribution >= 4 is 11.6 Å². The zero-order chi connectivity index (χ0) is 13.7. The Balaban J connectivity index is 3.05. The minimum Gasteiger partial charge on any atom is -0.497 e. The van der Waals surface area contributed by atoms with E-state index in [1.54, 1.807) is 36.3 Å². The lowest BCUT2D eigenvalue weighted by molar-refractivity contribution is 0.0730. The summed E-state index contributed by atoms with van der Waals surface area (Å²) in [6.45, 7) is 8.08. The van der Waals surface area contributed by atoms with Crippen molar-refractivity contribution in [3.05, 3.63) is 36.4 Å². The fourth-order valence-electron chi connectivity index (χ4n) is 1.68. The minimum absolute atomic E-state index is 0.0925. The number of amides is 1. The summed E-state index contributed by atoms with van der Waals surface area (Å²) in [5.41, 5.74) is 6.80. The van der Waals surface area contributed by atoms with Gasteiger partial charge in [-0.1, -0.05) is 6.08 Å². The maximum Gasteiger partial charge on any atom is 0.256 e. The molecule has 0 aliphatic heterocycles. The van der Waals surface area contributed by atoms with Gasteiger partial charge in [0.05, 0.1) is 12.7 Å². The first-order chi connectivity index (χ1) is 8.51. The molecule has 1 rings (SSSR count). The van der Waals surface area contributed by atoms with Crippen LogP contribution in [0.2, 0.25) is 0 Å². The van der Waals surface area contributed by atoms with Gasteiger partial charge >= 0.3 is 0 Å². The number of hydrogen-bond donors (Lipinski definition) is 1. The standard InChI is InChI=1S/C14H20N2O2/c1-5-8-16(10(2)3)14(17)12-7-6-11(18-4)9-13(12)15/h5-7,9-10H,1,8,15H2,2-4H3. The number of carbonyl (C=O) groups is 1. The molecule has 0 saturated heterocycles. The Bertz CT molecular complexity index is 441. The highest BCUT2D eigenvalue weighted by Gasteiger charge is 2.19. The van der Waals surface area contributed by atoms with E-state index in [4.69, 9.17) is 10.5 Å². The fourth-order valence-corrected chi connectivity index (χ4v) is 1.68. The molecular formula is C14H20N2O2. The molecule has 0 unspecified atom stereocenters. The monoisotopic (exact) mass is 248 g/mol. The highest BCUT2D eigenvalue weighted by atomic mass is 16.5. The second-order valence-corrected chi connectivity index (χ2v) is 4.29. The molecule has 0 atom stereocenters. The number of nitrogen functional groups attached to an aromatic ring is 1. The lowest BCUT2D eigenvalue weighted by Gasteiger charge is -2.26. The van der Waals surface area contributed by atoms with Gasteiger partial charge in [-0.05, 0) is 26.0 Å². The second kappa shape index (κ2) is 6.10. The van der Waals surface area contributed by atoms with Gasteiger partial charge in [0.15, 0.2) is 0 Å². The third-order valence-corrected chi connectivity index (χ3v) is 2.70. The van der Waals surface area contributed by atoms with Crippen molar-refractivity contribution in [3.63, 3.8) is 0 Å². The van der Waals surface area contributed by atoms with Gasteiger partial charge in [-0.2, -0.15) is 0 Å². The molecule has 18 heavy (non-hydrogen) atoms. The Kier molecular flexibility index (Phi) is 4.77. The van der Waals surface area contributed by atoms with E-state index in [0.29, 0.717) is 23.5 Å². The lowest BCUT2D eigenvalue weighted by atomic mass is 10.1. The van der Waals surface area contributed by atoms with Crippen LogP contribution in [0.1, 0.15) is 24.2 Å². The number of carbonyl (C=O) groups excluding carboxylic acids is 1. The van der Waals surface area contributed by atoms with Gasteiger partial charge < -0.3 is 15.4 Å². The third-order valence-electron chi connectivity index (χ3n) is 2.70. The van der Waals surface area contributed by atoms with Gasteiger partial charge in [0, 0.05) is 24.3 Å². The smallest absolute Gasteiger partial charge is 0.256 e. The summed E-state index contributed by atoms with van der Waals surface area (Å²) in [4.78, 5) is 14.1. The SMILES string of the molecule is C=CCN(C(=O)c1ccc(OC)cc1N)C(C)C. The van der Waals surface area contributed by atoms with Crippen molar-refractivity contribution < 1.29 is 9.53 Å². The van der Waals surface area contributed by atoms with Crippen LogP contribution in [-0.2, 0) is 0 Å². The maximum atomic E-state index is 12.4. The molecule has 0 saturated carbocycles. The number of rotatable bonds is 5. The van der Waals surface area contributed by atoms with Gasteiger partial charge in [0.25, 0.3) is 5.91 Å². The number of nitrogens with two attached hydrogens (primary N) is 1. The van der Waals surface area contributed by atoms with Crippen molar-refractivity contribution in [1.82, 2.24) is 4.90 Å². The number of ether oxygens (including phenoxy) is 1. The first-order valence-electron chi connectivity index (χ1n) is 5.86. The van der Waals surface area contributed by atoms with E-state index < -0.39 is 0 Å². The van der Waals surface area contributed by atoms with Crippen LogP contribution in [0.4, 0.5) is 5.69 Å². The Labute approximate surface area is 108 Å². The molecule has 1 amide bonds. The number of hydrogen-bond acceptors (Lipinski definition) is 3. The van der Waals surface area contributed by atoms with Crippen molar-refractivity contribution in [3.8, 4) is 5.75 Å². The Morgan fingerprint density at radius 3 is 2.67 bits per heavy atom. The van der Waals surface area contributed by atoms with Crippen LogP contribution in [0.5, 0.6) is 5.75 Å². The molecule has 0 heterocycles. The number of nitrogens with zero attached hydrogens (tertiary/aromatic N) is 1. The normalized spacial score (nSPS) is 10.2. The molecule has 0 bridgehead atoms. The van der Waals surface area contributed by atoms with E-state index in [1.807, 2.05) is 13.8 Å². The zero-order valence-electron chi connectivity index (χ0n) is 11.1. The molecule has 2 N–H and O–H groups in total. The fraction of sp³-hybridized carbons (Fsp3) is 0.357. The molecule has 0 fully saturated rings. The maximum absolute atomic E-state index is 12.4. The van der Waals surface area contributed by atoms with Crippen molar-refractivity contribution in [2.45, 2.75) is 19.9 Å². The molecule has 0 spiro atoms. The first kappa shape index (κ1) is 14.1. The highest BCUT2D eigenvalue weighted by molar-refractivity contribution is 5.99. The van der Waals surface area contributed by atoms with Crippen LogP contribution in [0.25, 0.3) is 0 Å². The Morgan fingerprint density at radius 1 is 1.56 bits per heavy atom. The van der Waals surface area contributed by atoms with Crippen LogP contribution in [0.15, 0.2) is 30.9 Å². The van der Waals surface area contributed by atoms with Crippen molar-refractivity contribution in [1.29, 1.82) is 0 Å². The summed E-state index contributed by atoms with van der Waals surface area (Å²) in [5.74, 6) is 0.550. The molecule has 4 nitrogen and oxygen atoms in total.